The number of carbonyl (C=O) groups is 1. The summed E-state index contributed by atoms with van der Waals surface area (Å²) in [6.07, 6.45) is 2.81. The molecule has 4 nitrogen and oxygen atoms in total. The van der Waals surface area contributed by atoms with Gasteiger partial charge in [0, 0.05) is 6.54 Å². The van der Waals surface area contributed by atoms with E-state index in [0.29, 0.717) is 19.4 Å². The van der Waals surface area contributed by atoms with Gasteiger partial charge in [-0.05, 0) is 13.3 Å². The summed E-state index contributed by atoms with van der Waals surface area (Å²) in [5, 5.41) is 0. The minimum absolute atomic E-state index is 0.0621. The Hall–Kier alpha value is -0.840. The van der Waals surface area contributed by atoms with Gasteiger partial charge in [-0.15, -0.1) is 6.58 Å². The molecule has 1 aliphatic rings. The normalized spacial score (nSPS) is 29.8. The van der Waals surface area contributed by atoms with E-state index in [1.54, 1.807) is 13.0 Å². The molecule has 0 radical (unpaired) electrons. The van der Waals surface area contributed by atoms with E-state index >= 15 is 0 Å². The average Bonchev–Trinajstić information content (AvgIpc) is 2.37. The number of carbonyl (C=O) groups excluding carboxylic acids is 1. The molecule has 0 spiro atoms. The molecule has 80 valence electrons. The maximum absolute atomic E-state index is 11.3. The summed E-state index contributed by atoms with van der Waals surface area (Å²) in [4.78, 5) is 12.3. The fourth-order valence-corrected chi connectivity index (χ4v) is 3.90. The van der Waals surface area contributed by atoms with Crippen molar-refractivity contribution in [2.45, 2.75) is 18.9 Å². The molecule has 1 saturated heterocycles. The van der Waals surface area contributed by atoms with Crippen LogP contribution in [-0.2, 0) is 14.6 Å². The smallest absolute Gasteiger partial charge is 0.210 e. The fraction of sp³-hybridized carbons (Fsp3) is 0.667. The minimum atomic E-state index is -2.96. The second-order valence-electron chi connectivity index (χ2n) is 3.89. The third-order valence-corrected chi connectivity index (χ3v) is 4.52. The van der Waals surface area contributed by atoms with Crippen LogP contribution < -0.4 is 0 Å². The predicted molar refractivity (Wildman–Crippen MR) is 54.6 cm³/mol. The Balaban J connectivity index is 2.85. The minimum Gasteiger partial charge on any atom is -0.335 e. The Labute approximate surface area is 84.5 Å². The molecule has 14 heavy (non-hydrogen) atoms. The Morgan fingerprint density at radius 3 is 2.57 bits per heavy atom. The van der Waals surface area contributed by atoms with Gasteiger partial charge in [-0.3, -0.25) is 4.79 Å². The molecule has 1 unspecified atom stereocenters. The lowest BCUT2D eigenvalue weighted by Crippen LogP contribution is -2.46. The second-order valence-corrected chi connectivity index (χ2v) is 6.07. The van der Waals surface area contributed by atoms with E-state index in [1.165, 1.54) is 4.90 Å². The molecule has 1 atom stereocenters. The van der Waals surface area contributed by atoms with Crippen LogP contribution in [0.15, 0.2) is 12.7 Å². The lowest BCUT2D eigenvalue weighted by molar-refractivity contribution is -0.121. The monoisotopic (exact) mass is 217 g/mol. The highest BCUT2D eigenvalue weighted by atomic mass is 32.2. The van der Waals surface area contributed by atoms with Crippen LogP contribution in [0.25, 0.3) is 0 Å². The quantitative estimate of drug-likeness (QED) is 0.499. The topological polar surface area (TPSA) is 54.5 Å². The maximum atomic E-state index is 11.3. The number of nitrogens with zero attached hydrogens (tertiary/aromatic N) is 1. The zero-order valence-electron chi connectivity index (χ0n) is 8.27. The van der Waals surface area contributed by atoms with Gasteiger partial charge in [0.05, 0.1) is 17.0 Å². The second kappa shape index (κ2) is 3.73. The van der Waals surface area contributed by atoms with Crippen molar-refractivity contribution in [3.05, 3.63) is 12.7 Å². The summed E-state index contributed by atoms with van der Waals surface area (Å²) < 4.78 is 22.6. The Bertz CT molecular complexity index is 336. The summed E-state index contributed by atoms with van der Waals surface area (Å²) in [6.45, 7) is 5.74. The van der Waals surface area contributed by atoms with Crippen LogP contribution in [0.1, 0.15) is 13.3 Å². The van der Waals surface area contributed by atoms with Crippen LogP contribution >= 0.6 is 0 Å². The van der Waals surface area contributed by atoms with Gasteiger partial charge < -0.3 is 4.90 Å². The largest absolute Gasteiger partial charge is 0.335 e. The first-order valence-corrected chi connectivity index (χ1v) is 6.29. The van der Waals surface area contributed by atoms with Gasteiger partial charge >= 0.3 is 0 Å². The summed E-state index contributed by atoms with van der Waals surface area (Å²) in [5.74, 6) is 0.234. The van der Waals surface area contributed by atoms with E-state index in [4.69, 9.17) is 0 Å². The van der Waals surface area contributed by atoms with Gasteiger partial charge in [-0.25, -0.2) is 8.42 Å². The van der Waals surface area contributed by atoms with Crippen molar-refractivity contribution >= 4 is 16.2 Å². The Morgan fingerprint density at radius 1 is 1.57 bits per heavy atom. The first kappa shape index (κ1) is 11.2. The van der Waals surface area contributed by atoms with E-state index in [-0.39, 0.29) is 11.5 Å². The molecule has 0 bridgehead atoms. The van der Waals surface area contributed by atoms with E-state index in [2.05, 4.69) is 6.58 Å². The molecule has 1 fully saturated rings. The van der Waals surface area contributed by atoms with Crippen LogP contribution in [0.5, 0.6) is 0 Å². The van der Waals surface area contributed by atoms with Crippen molar-refractivity contribution < 1.29 is 13.2 Å². The molecule has 0 aliphatic carbocycles. The summed E-state index contributed by atoms with van der Waals surface area (Å²) in [5.41, 5.74) is -0.547. The van der Waals surface area contributed by atoms with Crippen molar-refractivity contribution in [2.75, 3.05) is 18.1 Å². The molecule has 1 aliphatic heterocycles. The van der Waals surface area contributed by atoms with Gasteiger partial charge in [0.2, 0.25) is 6.41 Å². The first-order chi connectivity index (χ1) is 6.43. The maximum Gasteiger partial charge on any atom is 0.210 e. The van der Waals surface area contributed by atoms with Crippen molar-refractivity contribution in [3.63, 3.8) is 0 Å². The molecule has 1 rings (SSSR count). The SMILES string of the molecule is C=CCN(C=O)C1(C)CCS(=O)(=O)C1. The molecule has 0 aromatic heterocycles. The zero-order chi connectivity index (χ0) is 10.8. The van der Waals surface area contributed by atoms with Crippen molar-refractivity contribution in [2.24, 2.45) is 0 Å². The van der Waals surface area contributed by atoms with Gasteiger partial charge in [-0.2, -0.15) is 0 Å². The highest BCUT2D eigenvalue weighted by Gasteiger charge is 2.41. The number of hydrogen-bond acceptors (Lipinski definition) is 3. The van der Waals surface area contributed by atoms with Crippen LogP contribution in [-0.4, -0.2) is 43.3 Å². The number of hydrogen-bond donors (Lipinski definition) is 0. The first-order valence-electron chi connectivity index (χ1n) is 4.47. The van der Waals surface area contributed by atoms with Crippen molar-refractivity contribution in [3.8, 4) is 0 Å². The lowest BCUT2D eigenvalue weighted by atomic mass is 10.00. The van der Waals surface area contributed by atoms with Crippen molar-refractivity contribution in [1.82, 2.24) is 4.90 Å². The molecule has 0 aromatic rings. The Morgan fingerprint density at radius 2 is 2.21 bits per heavy atom. The van der Waals surface area contributed by atoms with Crippen LogP contribution in [0, 0.1) is 0 Å². The third kappa shape index (κ3) is 2.15. The molecule has 1 heterocycles. The molecule has 0 saturated carbocycles. The van der Waals surface area contributed by atoms with E-state index in [9.17, 15) is 13.2 Å². The lowest BCUT2D eigenvalue weighted by Gasteiger charge is -2.33. The molecular weight excluding hydrogens is 202 g/mol. The summed E-state index contributed by atoms with van der Waals surface area (Å²) in [7, 11) is -2.96. The number of sulfone groups is 1. The number of amides is 1. The zero-order valence-corrected chi connectivity index (χ0v) is 9.09. The molecule has 0 aromatic carbocycles. The Kier molecular flexibility index (Phi) is 2.99. The highest BCUT2D eigenvalue weighted by molar-refractivity contribution is 7.91. The predicted octanol–water partition coefficient (Wildman–Crippen LogP) is 0.208. The van der Waals surface area contributed by atoms with Gasteiger partial charge in [0.25, 0.3) is 0 Å². The van der Waals surface area contributed by atoms with Gasteiger partial charge in [0.1, 0.15) is 0 Å². The fourth-order valence-electron chi connectivity index (χ4n) is 1.75. The van der Waals surface area contributed by atoms with Crippen LogP contribution in [0.3, 0.4) is 0 Å². The van der Waals surface area contributed by atoms with E-state index in [0.717, 1.165) is 0 Å². The van der Waals surface area contributed by atoms with E-state index in [1.807, 2.05) is 0 Å². The average molecular weight is 217 g/mol. The highest BCUT2D eigenvalue weighted by Crippen LogP contribution is 2.28. The van der Waals surface area contributed by atoms with Gasteiger partial charge in [-0.1, -0.05) is 6.08 Å². The molecule has 0 N–H and O–H groups in total. The molecule has 1 amide bonds. The summed E-state index contributed by atoms with van der Waals surface area (Å²) in [6, 6.07) is 0. The van der Waals surface area contributed by atoms with Crippen LogP contribution in [0.4, 0.5) is 0 Å². The summed E-state index contributed by atoms with van der Waals surface area (Å²) >= 11 is 0. The molecule has 5 heteroatoms. The molecular formula is C9H15NO3S. The third-order valence-electron chi connectivity index (χ3n) is 2.63. The van der Waals surface area contributed by atoms with E-state index < -0.39 is 15.4 Å². The van der Waals surface area contributed by atoms with Gasteiger partial charge in [0.15, 0.2) is 9.84 Å². The van der Waals surface area contributed by atoms with Crippen molar-refractivity contribution in [1.29, 1.82) is 0 Å². The van der Waals surface area contributed by atoms with Crippen LogP contribution in [0.2, 0.25) is 0 Å². The standard InChI is InChI=1S/C9H15NO3S/c1-3-5-10(8-11)9(2)4-6-14(12,13)7-9/h3,8H,1,4-7H2,2H3. The number of rotatable bonds is 4.